The van der Waals surface area contributed by atoms with Crippen LogP contribution in [0, 0.1) is 5.82 Å². The molecular formula is C12H6F4O2. The van der Waals surface area contributed by atoms with E-state index >= 15 is 0 Å². The third kappa shape index (κ3) is 2.27. The van der Waals surface area contributed by atoms with E-state index in [1.54, 1.807) is 0 Å². The SMILES string of the molecule is O=C(c1ccc(F)c(C(F)(F)F)c1)c1ccco1. The van der Waals surface area contributed by atoms with Crippen LogP contribution in [0.4, 0.5) is 17.6 Å². The molecule has 0 bridgehead atoms. The molecule has 0 amide bonds. The summed E-state index contributed by atoms with van der Waals surface area (Å²) in [6.07, 6.45) is -3.62. The summed E-state index contributed by atoms with van der Waals surface area (Å²) in [4.78, 5) is 11.7. The number of hydrogen-bond donors (Lipinski definition) is 0. The minimum Gasteiger partial charge on any atom is -0.461 e. The Labute approximate surface area is 98.8 Å². The summed E-state index contributed by atoms with van der Waals surface area (Å²) in [5, 5.41) is 0. The van der Waals surface area contributed by atoms with Gasteiger partial charge in [-0.2, -0.15) is 13.2 Å². The van der Waals surface area contributed by atoms with Crippen LogP contribution in [0.5, 0.6) is 0 Å². The van der Waals surface area contributed by atoms with Gasteiger partial charge in [0.05, 0.1) is 11.8 Å². The van der Waals surface area contributed by atoms with Crippen molar-refractivity contribution in [3.63, 3.8) is 0 Å². The first-order valence-electron chi connectivity index (χ1n) is 4.84. The van der Waals surface area contributed by atoms with Gasteiger partial charge in [0.25, 0.3) is 0 Å². The van der Waals surface area contributed by atoms with E-state index in [-0.39, 0.29) is 11.3 Å². The summed E-state index contributed by atoms with van der Waals surface area (Å²) in [7, 11) is 0. The normalized spacial score (nSPS) is 11.6. The molecule has 0 unspecified atom stereocenters. The topological polar surface area (TPSA) is 30.2 Å². The fraction of sp³-hybridized carbons (Fsp3) is 0.0833. The zero-order chi connectivity index (χ0) is 13.3. The third-order valence-corrected chi connectivity index (χ3v) is 2.28. The second kappa shape index (κ2) is 4.29. The van der Waals surface area contributed by atoms with Gasteiger partial charge in [-0.3, -0.25) is 4.79 Å². The fourth-order valence-corrected chi connectivity index (χ4v) is 1.43. The van der Waals surface area contributed by atoms with Crippen molar-refractivity contribution in [2.24, 2.45) is 0 Å². The highest BCUT2D eigenvalue weighted by Gasteiger charge is 2.34. The van der Waals surface area contributed by atoms with Gasteiger partial charge in [0.1, 0.15) is 5.82 Å². The Bertz CT molecular complexity index is 570. The molecule has 0 fully saturated rings. The molecule has 0 aliphatic rings. The third-order valence-electron chi connectivity index (χ3n) is 2.28. The lowest BCUT2D eigenvalue weighted by Crippen LogP contribution is -2.10. The lowest BCUT2D eigenvalue weighted by molar-refractivity contribution is -0.140. The molecule has 0 spiro atoms. The van der Waals surface area contributed by atoms with Crippen molar-refractivity contribution in [1.82, 2.24) is 0 Å². The van der Waals surface area contributed by atoms with Gasteiger partial charge in [0.15, 0.2) is 5.76 Å². The minimum atomic E-state index is -4.84. The number of rotatable bonds is 2. The van der Waals surface area contributed by atoms with Gasteiger partial charge in [-0.1, -0.05) is 0 Å². The highest BCUT2D eigenvalue weighted by atomic mass is 19.4. The fourth-order valence-electron chi connectivity index (χ4n) is 1.43. The first kappa shape index (κ1) is 12.3. The van der Waals surface area contributed by atoms with E-state index < -0.39 is 23.3 Å². The van der Waals surface area contributed by atoms with Crippen molar-refractivity contribution in [1.29, 1.82) is 0 Å². The zero-order valence-electron chi connectivity index (χ0n) is 8.79. The highest BCUT2D eigenvalue weighted by molar-refractivity contribution is 6.07. The minimum absolute atomic E-state index is 0.102. The number of alkyl halides is 3. The summed E-state index contributed by atoms with van der Waals surface area (Å²) >= 11 is 0. The van der Waals surface area contributed by atoms with Crippen molar-refractivity contribution in [2.75, 3.05) is 0 Å². The molecule has 1 aromatic heterocycles. The van der Waals surface area contributed by atoms with Crippen LogP contribution in [0.3, 0.4) is 0 Å². The molecule has 18 heavy (non-hydrogen) atoms. The van der Waals surface area contributed by atoms with Crippen LogP contribution in [0.1, 0.15) is 21.7 Å². The van der Waals surface area contributed by atoms with E-state index in [2.05, 4.69) is 0 Å². The predicted octanol–water partition coefficient (Wildman–Crippen LogP) is 3.67. The quantitative estimate of drug-likeness (QED) is 0.607. The zero-order valence-corrected chi connectivity index (χ0v) is 8.79. The monoisotopic (exact) mass is 258 g/mol. The van der Waals surface area contributed by atoms with Gasteiger partial charge in [-0.05, 0) is 30.3 Å². The number of hydrogen-bond acceptors (Lipinski definition) is 2. The molecule has 1 aromatic carbocycles. The largest absolute Gasteiger partial charge is 0.461 e. The molecule has 0 saturated heterocycles. The number of ketones is 1. The molecule has 6 heteroatoms. The Kier molecular flexibility index (Phi) is 2.94. The van der Waals surface area contributed by atoms with E-state index in [4.69, 9.17) is 4.42 Å². The summed E-state index contributed by atoms with van der Waals surface area (Å²) in [5.41, 5.74) is -1.75. The summed E-state index contributed by atoms with van der Waals surface area (Å²) in [5.74, 6) is -2.25. The average Bonchev–Trinajstić information content (AvgIpc) is 2.80. The van der Waals surface area contributed by atoms with Gasteiger partial charge in [0.2, 0.25) is 5.78 Å². The van der Waals surface area contributed by atoms with Crippen LogP contribution in [0.15, 0.2) is 41.0 Å². The van der Waals surface area contributed by atoms with Crippen LogP contribution in [0.25, 0.3) is 0 Å². The molecule has 0 N–H and O–H groups in total. The van der Waals surface area contributed by atoms with Crippen LogP contribution in [-0.2, 0) is 6.18 Å². The molecule has 94 valence electrons. The molecule has 2 nitrogen and oxygen atoms in total. The van der Waals surface area contributed by atoms with Crippen LogP contribution in [-0.4, -0.2) is 5.78 Å². The Hall–Kier alpha value is -2.11. The maximum Gasteiger partial charge on any atom is 0.419 e. The van der Waals surface area contributed by atoms with Crippen LogP contribution >= 0.6 is 0 Å². The smallest absolute Gasteiger partial charge is 0.419 e. The van der Waals surface area contributed by atoms with Crippen LogP contribution in [0.2, 0.25) is 0 Å². The molecule has 2 aromatic rings. The lowest BCUT2D eigenvalue weighted by atomic mass is 10.0. The lowest BCUT2D eigenvalue weighted by Gasteiger charge is -2.08. The first-order chi connectivity index (χ1) is 8.39. The second-order valence-corrected chi connectivity index (χ2v) is 3.50. The molecular weight excluding hydrogens is 252 g/mol. The maximum atomic E-state index is 13.0. The van der Waals surface area contributed by atoms with Crippen molar-refractivity contribution in [2.45, 2.75) is 6.18 Å². The molecule has 1 heterocycles. The molecule has 0 aliphatic carbocycles. The highest BCUT2D eigenvalue weighted by Crippen LogP contribution is 2.32. The van der Waals surface area contributed by atoms with E-state index in [1.165, 1.54) is 18.4 Å². The Morgan fingerprint density at radius 3 is 2.44 bits per heavy atom. The number of benzene rings is 1. The molecule has 0 atom stereocenters. The number of halogens is 4. The first-order valence-corrected chi connectivity index (χ1v) is 4.84. The summed E-state index contributed by atoms with van der Waals surface area (Å²) in [6, 6.07) is 4.81. The summed E-state index contributed by atoms with van der Waals surface area (Å²) < 4.78 is 55.2. The molecule has 0 aliphatic heterocycles. The van der Waals surface area contributed by atoms with Gasteiger partial charge in [-0.15, -0.1) is 0 Å². The number of carbonyl (C=O) groups excluding carboxylic acids is 1. The maximum absolute atomic E-state index is 13.0. The number of carbonyl (C=O) groups is 1. The Morgan fingerprint density at radius 2 is 1.89 bits per heavy atom. The van der Waals surface area contributed by atoms with Gasteiger partial charge >= 0.3 is 6.18 Å². The van der Waals surface area contributed by atoms with Crippen molar-refractivity contribution in [3.05, 3.63) is 59.3 Å². The van der Waals surface area contributed by atoms with E-state index in [0.717, 1.165) is 6.07 Å². The second-order valence-electron chi connectivity index (χ2n) is 3.50. The van der Waals surface area contributed by atoms with Crippen molar-refractivity contribution < 1.29 is 26.8 Å². The van der Waals surface area contributed by atoms with Gasteiger partial charge < -0.3 is 4.42 Å². The standard InChI is InChI=1S/C12H6F4O2/c13-9-4-3-7(6-8(9)12(14,15)16)11(17)10-2-1-5-18-10/h1-6H. The van der Waals surface area contributed by atoms with Crippen molar-refractivity contribution in [3.8, 4) is 0 Å². The van der Waals surface area contributed by atoms with Crippen LogP contribution < -0.4 is 0 Å². The van der Waals surface area contributed by atoms with E-state index in [1.807, 2.05) is 0 Å². The molecule has 0 radical (unpaired) electrons. The van der Waals surface area contributed by atoms with Gasteiger partial charge in [0, 0.05) is 5.56 Å². The molecule has 0 saturated carbocycles. The molecule has 2 rings (SSSR count). The van der Waals surface area contributed by atoms with E-state index in [9.17, 15) is 22.4 Å². The van der Waals surface area contributed by atoms with Crippen molar-refractivity contribution >= 4 is 5.78 Å². The van der Waals surface area contributed by atoms with E-state index in [0.29, 0.717) is 12.1 Å². The Morgan fingerprint density at radius 1 is 1.17 bits per heavy atom. The van der Waals surface area contributed by atoms with Gasteiger partial charge in [-0.25, -0.2) is 4.39 Å². The predicted molar refractivity (Wildman–Crippen MR) is 53.5 cm³/mol. The number of furan rings is 1. The average molecular weight is 258 g/mol. The Balaban J connectivity index is 2.45. The summed E-state index contributed by atoms with van der Waals surface area (Å²) in [6.45, 7) is 0.